The second-order valence-corrected chi connectivity index (χ2v) is 8.47. The van der Waals surface area contributed by atoms with Gasteiger partial charge in [0.1, 0.15) is 5.75 Å². The number of alkyl halides is 2. The third-order valence-corrected chi connectivity index (χ3v) is 5.57. The molecule has 126 valence electrons. The van der Waals surface area contributed by atoms with E-state index in [1.807, 2.05) is 0 Å². The summed E-state index contributed by atoms with van der Waals surface area (Å²) in [5.41, 5.74) is 1.00. The van der Waals surface area contributed by atoms with Crippen LogP contribution < -0.4 is 4.52 Å². The molecule has 1 aromatic rings. The van der Waals surface area contributed by atoms with Gasteiger partial charge in [-0.1, -0.05) is 32.3 Å². The topological polar surface area (TPSA) is 46.5 Å². The van der Waals surface area contributed by atoms with E-state index in [1.165, 1.54) is 31.7 Å². The molecule has 0 aromatic heterocycles. The molecule has 0 aliphatic carbocycles. The molecule has 0 fully saturated rings. The van der Waals surface area contributed by atoms with E-state index in [-0.39, 0.29) is 5.75 Å². The fourth-order valence-corrected chi connectivity index (χ4v) is 3.83. The highest BCUT2D eigenvalue weighted by atomic mass is 79.9. The zero-order valence-corrected chi connectivity index (χ0v) is 15.6. The van der Waals surface area contributed by atoms with Gasteiger partial charge < -0.3 is 9.42 Å². The maximum Gasteiger partial charge on any atom is 0.442 e. The Labute approximate surface area is 142 Å². The lowest BCUT2D eigenvalue weighted by Crippen LogP contribution is -2.01. The Kier molecular flexibility index (Phi) is 8.98. The molecule has 1 aromatic carbocycles. The first-order valence-electron chi connectivity index (χ1n) is 7.03. The minimum atomic E-state index is -4.93. The number of halogens is 3. The summed E-state index contributed by atoms with van der Waals surface area (Å²) in [6, 6.07) is 4.87. The first-order valence-corrected chi connectivity index (χ1v) is 10.6. The van der Waals surface area contributed by atoms with E-state index in [2.05, 4.69) is 27.4 Å². The maximum absolute atomic E-state index is 12.3. The predicted molar refractivity (Wildman–Crippen MR) is 90.9 cm³/mol. The number of hydrogen-bond acceptors (Lipinski definition) is 3. The van der Waals surface area contributed by atoms with Gasteiger partial charge in [-0.15, -0.1) is 0 Å². The molecule has 0 bridgehead atoms. The quantitative estimate of drug-likeness (QED) is 0.372. The lowest BCUT2D eigenvalue weighted by atomic mass is 10.2. The van der Waals surface area contributed by atoms with Crippen LogP contribution in [0.5, 0.6) is 5.75 Å². The van der Waals surface area contributed by atoms with Crippen molar-refractivity contribution in [3.63, 3.8) is 0 Å². The van der Waals surface area contributed by atoms with Crippen LogP contribution in [0.2, 0.25) is 0 Å². The van der Waals surface area contributed by atoms with Crippen LogP contribution in [0, 0.1) is 0 Å². The molecule has 1 unspecified atom stereocenters. The molecule has 1 N–H and O–H groups in total. The monoisotopic (exact) mass is 416 g/mol. The molecule has 0 saturated carbocycles. The van der Waals surface area contributed by atoms with Crippen LogP contribution >= 0.6 is 35.3 Å². The second-order valence-electron chi connectivity index (χ2n) is 4.81. The van der Waals surface area contributed by atoms with Gasteiger partial charge in [-0.3, -0.25) is 0 Å². The molecule has 0 radical (unpaired) electrons. The van der Waals surface area contributed by atoms with E-state index in [9.17, 15) is 13.3 Å². The largest absolute Gasteiger partial charge is 0.442 e. The molecule has 22 heavy (non-hydrogen) atoms. The van der Waals surface area contributed by atoms with Gasteiger partial charge >= 0.3 is 13.8 Å². The van der Waals surface area contributed by atoms with E-state index in [0.717, 1.165) is 17.1 Å². The maximum atomic E-state index is 12.3. The SMILES string of the molecule is CCCCCCSCc1ccc(OP(=O)(O)C(F)F)c(Br)c1. The van der Waals surface area contributed by atoms with E-state index in [0.29, 0.717) is 4.47 Å². The van der Waals surface area contributed by atoms with Gasteiger partial charge in [0.15, 0.2) is 0 Å². The Balaban J connectivity index is 2.50. The Morgan fingerprint density at radius 3 is 2.68 bits per heavy atom. The highest BCUT2D eigenvalue weighted by molar-refractivity contribution is 9.10. The summed E-state index contributed by atoms with van der Waals surface area (Å²) in [5, 5.41) is 0. The number of unbranched alkanes of at least 4 members (excludes halogenated alkanes) is 3. The molecule has 1 rings (SSSR count). The third kappa shape index (κ3) is 6.99. The number of benzene rings is 1. The fraction of sp³-hybridized carbons (Fsp3) is 0.571. The normalized spacial score (nSPS) is 14.1. The standard InChI is InChI=1S/C14H20BrF2O3PS/c1-2-3-4-5-8-22-10-11-6-7-13(12(15)9-11)20-21(18,19)14(16)17/h6-7,9,14H,2-5,8,10H2,1H3,(H,18,19). The molecule has 0 aliphatic rings. The van der Waals surface area contributed by atoms with Gasteiger partial charge in [0, 0.05) is 5.75 Å². The van der Waals surface area contributed by atoms with Crippen molar-refractivity contribution < 1.29 is 22.8 Å². The van der Waals surface area contributed by atoms with Crippen LogP contribution in [-0.2, 0) is 10.3 Å². The zero-order valence-electron chi connectivity index (χ0n) is 12.3. The van der Waals surface area contributed by atoms with Gasteiger partial charge in [0.25, 0.3) is 0 Å². The first-order chi connectivity index (χ1) is 10.4. The molecule has 1 atom stereocenters. The smallest absolute Gasteiger partial charge is 0.420 e. The number of hydrogen-bond donors (Lipinski definition) is 1. The third-order valence-electron chi connectivity index (χ3n) is 2.88. The lowest BCUT2D eigenvalue weighted by molar-refractivity contribution is 0.188. The van der Waals surface area contributed by atoms with Crippen molar-refractivity contribution in [2.45, 2.75) is 44.5 Å². The van der Waals surface area contributed by atoms with E-state index in [4.69, 9.17) is 4.89 Å². The van der Waals surface area contributed by atoms with Gasteiger partial charge in [0.05, 0.1) is 4.47 Å². The van der Waals surface area contributed by atoms with E-state index in [1.54, 1.807) is 23.9 Å². The molecule has 0 spiro atoms. The summed E-state index contributed by atoms with van der Waals surface area (Å²) in [7, 11) is -4.93. The molecule has 0 saturated heterocycles. The van der Waals surface area contributed by atoms with Crippen molar-refractivity contribution in [1.29, 1.82) is 0 Å². The minimum absolute atomic E-state index is 0.0529. The fourth-order valence-electron chi connectivity index (χ4n) is 1.71. The van der Waals surface area contributed by atoms with Crippen molar-refractivity contribution in [1.82, 2.24) is 0 Å². The first kappa shape index (κ1) is 19.9. The lowest BCUT2D eigenvalue weighted by Gasteiger charge is -2.14. The average Bonchev–Trinajstić information content (AvgIpc) is 2.45. The van der Waals surface area contributed by atoms with Gasteiger partial charge in [-0.2, -0.15) is 20.5 Å². The van der Waals surface area contributed by atoms with Crippen LogP contribution in [0.3, 0.4) is 0 Å². The van der Waals surface area contributed by atoms with Gasteiger partial charge in [-0.25, -0.2) is 4.57 Å². The highest BCUT2D eigenvalue weighted by Crippen LogP contribution is 2.50. The Morgan fingerprint density at radius 1 is 1.36 bits per heavy atom. The molecular weight excluding hydrogens is 397 g/mol. The minimum Gasteiger partial charge on any atom is -0.420 e. The van der Waals surface area contributed by atoms with Crippen molar-refractivity contribution in [2.75, 3.05) is 5.75 Å². The highest BCUT2D eigenvalue weighted by Gasteiger charge is 2.34. The Bertz CT molecular complexity index is 517. The van der Waals surface area contributed by atoms with E-state index >= 15 is 0 Å². The van der Waals surface area contributed by atoms with Gasteiger partial charge in [-0.05, 0) is 45.8 Å². The Morgan fingerprint density at radius 2 is 2.09 bits per heavy atom. The summed E-state index contributed by atoms with van der Waals surface area (Å²) in [5.74, 6) is 1.83. The summed E-state index contributed by atoms with van der Waals surface area (Å²) in [4.78, 5) is 9.04. The van der Waals surface area contributed by atoms with Crippen LogP contribution in [0.25, 0.3) is 0 Å². The molecule has 3 nitrogen and oxygen atoms in total. The van der Waals surface area contributed by atoms with Crippen LogP contribution in [0.1, 0.15) is 38.2 Å². The van der Waals surface area contributed by atoms with Crippen molar-refractivity contribution in [3.8, 4) is 5.75 Å². The molecular formula is C14H20BrF2O3PS. The Hall–Kier alpha value is -0.100. The zero-order chi connectivity index (χ0) is 16.6. The van der Waals surface area contributed by atoms with Crippen LogP contribution in [0.4, 0.5) is 8.78 Å². The molecule has 8 heteroatoms. The molecule has 0 aliphatic heterocycles. The predicted octanol–water partition coefficient (Wildman–Crippen LogP) is 6.05. The molecule has 0 amide bonds. The van der Waals surface area contributed by atoms with Gasteiger partial charge in [0.2, 0.25) is 0 Å². The second kappa shape index (κ2) is 9.91. The summed E-state index contributed by atoms with van der Waals surface area (Å²) < 4.78 is 40.8. The number of rotatable bonds is 10. The summed E-state index contributed by atoms with van der Waals surface area (Å²) in [6.45, 7) is 2.17. The van der Waals surface area contributed by atoms with Crippen molar-refractivity contribution in [3.05, 3.63) is 28.2 Å². The van der Waals surface area contributed by atoms with Crippen LogP contribution in [-0.4, -0.2) is 16.8 Å². The summed E-state index contributed by atoms with van der Waals surface area (Å²) >= 11 is 4.98. The van der Waals surface area contributed by atoms with E-state index < -0.39 is 13.8 Å². The average molecular weight is 417 g/mol. The number of thioether (sulfide) groups is 1. The molecule has 0 heterocycles. The summed E-state index contributed by atoms with van der Waals surface area (Å²) in [6.07, 6.45) is 1.47. The van der Waals surface area contributed by atoms with Crippen molar-refractivity contribution >= 4 is 35.3 Å². The van der Waals surface area contributed by atoms with Crippen LogP contribution in [0.15, 0.2) is 22.7 Å². The van der Waals surface area contributed by atoms with Crippen molar-refractivity contribution in [2.24, 2.45) is 0 Å².